The lowest BCUT2D eigenvalue weighted by Crippen LogP contribution is -3.00. The maximum atomic E-state index is 11.6. The number of hydrogen-bond acceptors (Lipinski definition) is 2. The van der Waals surface area contributed by atoms with E-state index in [1.807, 2.05) is 25.2 Å². The molecule has 1 heterocycles. The van der Waals surface area contributed by atoms with Crippen molar-refractivity contribution in [2.45, 2.75) is 0 Å². The van der Waals surface area contributed by atoms with Crippen molar-refractivity contribution in [3.63, 3.8) is 0 Å². The van der Waals surface area contributed by atoms with Crippen molar-refractivity contribution < 1.29 is 26.5 Å². The molecule has 0 aliphatic heterocycles. The van der Waals surface area contributed by atoms with E-state index in [1.54, 1.807) is 35.4 Å². The number of aryl methyl sites for hydroxylation is 1. The van der Waals surface area contributed by atoms with Crippen LogP contribution in [0.2, 0.25) is 0 Å². The molecule has 0 spiro atoms. The number of carbonyl (C=O) groups is 1. The summed E-state index contributed by atoms with van der Waals surface area (Å²) < 4.78 is 8.28. The molecule has 0 aliphatic carbocycles. The maximum absolute atomic E-state index is 11.6. The van der Waals surface area contributed by atoms with Gasteiger partial charge in [0, 0.05) is 0 Å². The molecular weight excluding hydrogens is 228 g/mol. The van der Waals surface area contributed by atoms with Gasteiger partial charge in [-0.15, -0.1) is 4.57 Å². The fraction of sp³-hybridized carbons (Fsp3) is 0.0909. The van der Waals surface area contributed by atoms with E-state index in [2.05, 4.69) is 0 Å². The zero-order valence-corrected chi connectivity index (χ0v) is 9.46. The SMILES string of the molecule is C[n+]1ccn(C(=O)Oc2ccccc2)c1.[Cl-]. The normalized spacial score (nSPS) is 9.31. The molecule has 16 heavy (non-hydrogen) atoms. The van der Waals surface area contributed by atoms with Gasteiger partial charge in [-0.3, -0.25) is 0 Å². The summed E-state index contributed by atoms with van der Waals surface area (Å²) in [7, 11) is 1.84. The van der Waals surface area contributed by atoms with Gasteiger partial charge in [0.25, 0.3) is 6.33 Å². The Kier molecular flexibility index (Phi) is 4.08. The highest BCUT2D eigenvalue weighted by atomic mass is 35.5. The van der Waals surface area contributed by atoms with Gasteiger partial charge in [-0.2, -0.15) is 4.79 Å². The van der Waals surface area contributed by atoms with Crippen LogP contribution in [-0.2, 0) is 7.05 Å². The molecule has 1 aromatic carbocycles. The Hall–Kier alpha value is -1.81. The Morgan fingerprint density at radius 1 is 1.31 bits per heavy atom. The second kappa shape index (κ2) is 5.32. The molecule has 0 amide bonds. The molecule has 0 saturated carbocycles. The van der Waals surface area contributed by atoms with Crippen LogP contribution in [-0.4, -0.2) is 10.7 Å². The molecule has 5 heteroatoms. The lowest BCUT2D eigenvalue weighted by Gasteiger charge is -1.98. The third kappa shape index (κ3) is 2.84. The number of rotatable bonds is 1. The quantitative estimate of drug-likeness (QED) is 0.559. The van der Waals surface area contributed by atoms with E-state index in [-0.39, 0.29) is 12.4 Å². The van der Waals surface area contributed by atoms with Gasteiger partial charge in [0.1, 0.15) is 18.1 Å². The van der Waals surface area contributed by atoms with E-state index in [4.69, 9.17) is 4.74 Å². The molecule has 1 aromatic heterocycles. The number of para-hydroxylation sites is 1. The third-order valence-corrected chi connectivity index (χ3v) is 1.93. The molecule has 0 bridgehead atoms. The zero-order chi connectivity index (χ0) is 10.7. The van der Waals surface area contributed by atoms with Gasteiger partial charge in [-0.1, -0.05) is 18.2 Å². The van der Waals surface area contributed by atoms with Crippen LogP contribution >= 0.6 is 0 Å². The standard InChI is InChI=1S/C11H11N2O2.ClH/c1-12-7-8-13(9-12)11(14)15-10-5-3-2-4-6-10;/h2-9H,1H3;1H/q+1;/p-1. The lowest BCUT2D eigenvalue weighted by molar-refractivity contribution is -0.670. The Labute approximate surface area is 99.5 Å². The first-order chi connectivity index (χ1) is 7.25. The predicted octanol–water partition coefficient (Wildman–Crippen LogP) is -1.64. The molecule has 0 N–H and O–H groups in total. The van der Waals surface area contributed by atoms with Crippen LogP contribution in [0.25, 0.3) is 0 Å². The molecule has 0 saturated heterocycles. The summed E-state index contributed by atoms with van der Waals surface area (Å²) in [6.07, 6.45) is 4.64. The molecule has 0 radical (unpaired) electrons. The van der Waals surface area contributed by atoms with Crippen LogP contribution in [0, 0.1) is 0 Å². The monoisotopic (exact) mass is 238 g/mol. The molecule has 0 atom stereocenters. The van der Waals surface area contributed by atoms with Gasteiger partial charge in [-0.05, 0) is 12.1 Å². The van der Waals surface area contributed by atoms with E-state index in [9.17, 15) is 4.79 Å². The van der Waals surface area contributed by atoms with E-state index in [0.717, 1.165) is 0 Å². The molecular formula is C11H11ClN2O2. The van der Waals surface area contributed by atoms with Crippen molar-refractivity contribution >= 4 is 6.09 Å². The molecule has 0 aliphatic rings. The lowest BCUT2D eigenvalue weighted by atomic mass is 10.3. The van der Waals surface area contributed by atoms with Crippen LogP contribution in [0.4, 0.5) is 4.79 Å². The number of benzene rings is 1. The molecule has 84 valence electrons. The van der Waals surface area contributed by atoms with Gasteiger partial charge in [0.2, 0.25) is 0 Å². The highest BCUT2D eigenvalue weighted by Crippen LogP contribution is 2.08. The van der Waals surface area contributed by atoms with Crippen molar-refractivity contribution in [1.29, 1.82) is 0 Å². The number of carbonyl (C=O) groups excluding carboxylic acids is 1. The van der Waals surface area contributed by atoms with Crippen molar-refractivity contribution in [3.8, 4) is 5.75 Å². The number of imidazole rings is 1. The summed E-state index contributed by atoms with van der Waals surface area (Å²) >= 11 is 0. The van der Waals surface area contributed by atoms with Crippen LogP contribution in [0.15, 0.2) is 49.1 Å². The van der Waals surface area contributed by atoms with Gasteiger partial charge < -0.3 is 17.1 Å². The highest BCUT2D eigenvalue weighted by molar-refractivity contribution is 5.72. The first-order valence-electron chi connectivity index (χ1n) is 4.56. The predicted molar refractivity (Wildman–Crippen MR) is 53.5 cm³/mol. The molecule has 2 aromatic rings. The Morgan fingerprint density at radius 2 is 2.00 bits per heavy atom. The van der Waals surface area contributed by atoms with Crippen molar-refractivity contribution in [3.05, 3.63) is 49.1 Å². The van der Waals surface area contributed by atoms with Crippen LogP contribution < -0.4 is 21.7 Å². The minimum atomic E-state index is -0.415. The minimum absolute atomic E-state index is 0. The van der Waals surface area contributed by atoms with Gasteiger partial charge >= 0.3 is 6.09 Å². The number of aromatic nitrogens is 2. The number of ether oxygens (including phenoxy) is 1. The summed E-state index contributed by atoms with van der Waals surface area (Å²) in [6.45, 7) is 0. The topological polar surface area (TPSA) is 35.1 Å². The van der Waals surface area contributed by atoms with Gasteiger partial charge in [0.15, 0.2) is 0 Å². The number of hydrogen-bond donors (Lipinski definition) is 0. The summed E-state index contributed by atoms with van der Waals surface area (Å²) in [4.78, 5) is 11.6. The Morgan fingerprint density at radius 3 is 2.56 bits per heavy atom. The average Bonchev–Trinajstić information content (AvgIpc) is 2.66. The van der Waals surface area contributed by atoms with Crippen LogP contribution in [0.5, 0.6) is 5.75 Å². The number of nitrogens with zero attached hydrogens (tertiary/aromatic N) is 2. The van der Waals surface area contributed by atoms with Crippen LogP contribution in [0.3, 0.4) is 0 Å². The molecule has 4 nitrogen and oxygen atoms in total. The van der Waals surface area contributed by atoms with E-state index in [0.29, 0.717) is 5.75 Å². The fourth-order valence-electron chi connectivity index (χ4n) is 1.20. The van der Waals surface area contributed by atoms with Crippen LogP contribution in [0.1, 0.15) is 0 Å². The summed E-state index contributed by atoms with van der Waals surface area (Å²) in [5.41, 5.74) is 0. The van der Waals surface area contributed by atoms with Gasteiger partial charge in [-0.25, -0.2) is 4.57 Å². The summed E-state index contributed by atoms with van der Waals surface area (Å²) in [6, 6.07) is 8.98. The average molecular weight is 239 g/mol. The Bertz CT molecular complexity index is 468. The second-order valence-electron chi connectivity index (χ2n) is 3.17. The van der Waals surface area contributed by atoms with Crippen molar-refractivity contribution in [2.75, 3.05) is 0 Å². The van der Waals surface area contributed by atoms with Crippen molar-refractivity contribution in [1.82, 2.24) is 4.57 Å². The number of halogens is 1. The Balaban J connectivity index is 0.00000128. The summed E-state index contributed by atoms with van der Waals surface area (Å²) in [5, 5.41) is 0. The fourth-order valence-corrected chi connectivity index (χ4v) is 1.20. The van der Waals surface area contributed by atoms with E-state index >= 15 is 0 Å². The van der Waals surface area contributed by atoms with E-state index < -0.39 is 6.09 Å². The second-order valence-corrected chi connectivity index (χ2v) is 3.17. The van der Waals surface area contributed by atoms with E-state index in [1.165, 1.54) is 4.57 Å². The summed E-state index contributed by atoms with van der Waals surface area (Å²) in [5.74, 6) is 0.541. The first-order valence-corrected chi connectivity index (χ1v) is 4.56. The third-order valence-electron chi connectivity index (χ3n) is 1.93. The smallest absolute Gasteiger partial charge is 0.517 e. The molecule has 0 fully saturated rings. The molecule has 2 rings (SSSR count). The minimum Gasteiger partial charge on any atom is -1.00 e. The first kappa shape index (κ1) is 12.3. The largest absolute Gasteiger partial charge is 1.00 e. The van der Waals surface area contributed by atoms with Gasteiger partial charge in [0.05, 0.1) is 7.05 Å². The van der Waals surface area contributed by atoms with Crippen molar-refractivity contribution in [2.24, 2.45) is 7.05 Å². The molecule has 0 unspecified atom stereocenters. The maximum Gasteiger partial charge on any atom is 0.517 e. The highest BCUT2D eigenvalue weighted by Gasteiger charge is 2.13. The zero-order valence-electron chi connectivity index (χ0n) is 8.71.